The molecule has 4 nitrogen and oxygen atoms in total. The van der Waals surface area contributed by atoms with E-state index < -0.39 is 41.1 Å². The van der Waals surface area contributed by atoms with E-state index in [9.17, 15) is 27.6 Å². The summed E-state index contributed by atoms with van der Waals surface area (Å²) in [5, 5.41) is 9.54. The smallest absolute Gasteiger partial charge is 0.273 e. The van der Waals surface area contributed by atoms with Gasteiger partial charge in [-0.2, -0.15) is 5.26 Å². The second-order valence-corrected chi connectivity index (χ2v) is 6.74. The molecule has 3 rings (SSSR count). The SMILES string of the molecule is Cc1c(C#N)c(OCc2ccc(F)cc2F)c(Br)c(=O)n1-c1c(F)cccc1F. The van der Waals surface area contributed by atoms with E-state index in [0.29, 0.717) is 6.07 Å². The summed E-state index contributed by atoms with van der Waals surface area (Å²) < 4.78 is 61.2. The van der Waals surface area contributed by atoms with Crippen LogP contribution in [0.3, 0.4) is 0 Å². The molecule has 29 heavy (non-hydrogen) atoms. The van der Waals surface area contributed by atoms with Crippen LogP contribution in [0.15, 0.2) is 45.7 Å². The minimum Gasteiger partial charge on any atom is -0.486 e. The standard InChI is InChI=1S/C20H11BrF4N2O2/c1-10-13(8-26)19(29-9-11-5-6-12(22)7-16(11)25)17(21)20(28)27(10)18-14(23)3-2-4-15(18)24/h2-7H,9H2,1H3. The monoisotopic (exact) mass is 466 g/mol. The molecule has 0 N–H and O–H groups in total. The van der Waals surface area contributed by atoms with E-state index in [4.69, 9.17) is 4.74 Å². The van der Waals surface area contributed by atoms with Crippen molar-refractivity contribution >= 4 is 15.9 Å². The Morgan fingerprint density at radius 1 is 1.10 bits per heavy atom. The number of hydrogen-bond donors (Lipinski definition) is 0. The van der Waals surface area contributed by atoms with E-state index in [1.807, 2.05) is 6.07 Å². The van der Waals surface area contributed by atoms with Gasteiger partial charge in [-0.1, -0.05) is 6.07 Å². The lowest BCUT2D eigenvalue weighted by Gasteiger charge is -2.17. The van der Waals surface area contributed by atoms with Crippen LogP contribution in [-0.2, 0) is 6.61 Å². The second kappa shape index (κ2) is 8.09. The van der Waals surface area contributed by atoms with Gasteiger partial charge in [-0.15, -0.1) is 0 Å². The van der Waals surface area contributed by atoms with Gasteiger partial charge in [-0.3, -0.25) is 9.36 Å². The molecule has 148 valence electrons. The molecule has 2 aromatic carbocycles. The fraction of sp³-hybridized carbons (Fsp3) is 0.100. The first-order valence-corrected chi connectivity index (χ1v) is 8.91. The zero-order valence-electron chi connectivity index (χ0n) is 14.8. The fourth-order valence-electron chi connectivity index (χ4n) is 2.76. The van der Waals surface area contributed by atoms with Crippen LogP contribution in [0.1, 0.15) is 16.8 Å². The van der Waals surface area contributed by atoms with Crippen LogP contribution >= 0.6 is 15.9 Å². The molecule has 3 aromatic rings. The molecule has 0 amide bonds. The Hall–Kier alpha value is -3.12. The topological polar surface area (TPSA) is 55.0 Å². The summed E-state index contributed by atoms with van der Waals surface area (Å²) >= 11 is 3.00. The molecule has 1 aromatic heterocycles. The molecule has 9 heteroatoms. The van der Waals surface area contributed by atoms with Crippen molar-refractivity contribution in [3.8, 4) is 17.5 Å². The molecule has 0 fully saturated rings. The Balaban J connectivity index is 2.14. The Labute approximate surface area is 170 Å². The maximum Gasteiger partial charge on any atom is 0.273 e. The molecule has 0 saturated heterocycles. The summed E-state index contributed by atoms with van der Waals surface area (Å²) in [6.07, 6.45) is 0. The minimum absolute atomic E-state index is 0.0100. The maximum atomic E-state index is 14.2. The average Bonchev–Trinajstić information content (AvgIpc) is 2.67. The van der Waals surface area contributed by atoms with Crippen LogP contribution in [-0.4, -0.2) is 4.57 Å². The van der Waals surface area contributed by atoms with Crippen molar-refractivity contribution < 1.29 is 22.3 Å². The predicted molar refractivity (Wildman–Crippen MR) is 99.8 cm³/mol. The first-order valence-electron chi connectivity index (χ1n) is 8.12. The van der Waals surface area contributed by atoms with Gasteiger partial charge in [0.2, 0.25) is 0 Å². The first-order chi connectivity index (χ1) is 13.8. The second-order valence-electron chi connectivity index (χ2n) is 5.95. The van der Waals surface area contributed by atoms with Crippen LogP contribution in [0, 0.1) is 41.5 Å². The predicted octanol–water partition coefficient (Wildman–Crippen LogP) is 4.92. The van der Waals surface area contributed by atoms with Crippen LogP contribution in [0.25, 0.3) is 5.69 Å². The number of para-hydroxylation sites is 1. The van der Waals surface area contributed by atoms with Crippen molar-refractivity contribution in [1.82, 2.24) is 4.57 Å². The Morgan fingerprint density at radius 3 is 2.34 bits per heavy atom. The van der Waals surface area contributed by atoms with Gasteiger partial charge in [-0.05, 0) is 47.1 Å². The highest BCUT2D eigenvalue weighted by atomic mass is 79.9. The summed E-state index contributed by atoms with van der Waals surface area (Å²) in [6.45, 7) is 0.917. The van der Waals surface area contributed by atoms with Crippen molar-refractivity contribution in [3.05, 3.63) is 91.3 Å². The van der Waals surface area contributed by atoms with Crippen molar-refractivity contribution in [2.24, 2.45) is 0 Å². The van der Waals surface area contributed by atoms with E-state index >= 15 is 0 Å². The van der Waals surface area contributed by atoms with Crippen molar-refractivity contribution in [2.45, 2.75) is 13.5 Å². The molecule has 0 spiro atoms. The first kappa shape index (κ1) is 20.6. The molecular formula is C20H11BrF4N2O2. The molecule has 0 atom stereocenters. The lowest BCUT2D eigenvalue weighted by molar-refractivity contribution is 0.295. The normalized spacial score (nSPS) is 10.7. The highest BCUT2D eigenvalue weighted by Gasteiger charge is 2.24. The number of rotatable bonds is 4. The van der Waals surface area contributed by atoms with Gasteiger partial charge < -0.3 is 4.74 Å². The molecule has 0 aliphatic rings. The van der Waals surface area contributed by atoms with Crippen molar-refractivity contribution in [3.63, 3.8) is 0 Å². The number of benzene rings is 2. The minimum atomic E-state index is -0.993. The lowest BCUT2D eigenvalue weighted by Crippen LogP contribution is -2.25. The Kier molecular flexibility index (Phi) is 5.75. The van der Waals surface area contributed by atoms with E-state index in [1.54, 1.807) is 0 Å². The number of hydrogen-bond acceptors (Lipinski definition) is 3. The molecule has 1 heterocycles. The van der Waals surface area contributed by atoms with Gasteiger partial charge in [0.15, 0.2) is 5.75 Å². The molecule has 0 unspecified atom stereocenters. The number of pyridine rings is 1. The third kappa shape index (κ3) is 3.76. The molecule has 0 aliphatic heterocycles. The largest absolute Gasteiger partial charge is 0.486 e. The lowest BCUT2D eigenvalue weighted by atomic mass is 10.1. The van der Waals surface area contributed by atoms with Gasteiger partial charge >= 0.3 is 0 Å². The zero-order valence-corrected chi connectivity index (χ0v) is 16.4. The van der Waals surface area contributed by atoms with Gasteiger partial charge in [0.25, 0.3) is 5.56 Å². The summed E-state index contributed by atoms with van der Waals surface area (Å²) in [7, 11) is 0. The molecule has 0 radical (unpaired) electrons. The van der Waals surface area contributed by atoms with Crippen molar-refractivity contribution in [2.75, 3.05) is 0 Å². The van der Waals surface area contributed by atoms with E-state index in [-0.39, 0.29) is 27.0 Å². The third-order valence-corrected chi connectivity index (χ3v) is 4.87. The van der Waals surface area contributed by atoms with E-state index in [0.717, 1.165) is 34.9 Å². The quantitative estimate of drug-likeness (QED) is 0.513. The summed E-state index contributed by atoms with van der Waals surface area (Å²) in [4.78, 5) is 12.8. The summed E-state index contributed by atoms with van der Waals surface area (Å²) in [6, 6.07) is 7.79. The van der Waals surface area contributed by atoms with E-state index in [1.165, 1.54) is 6.92 Å². The van der Waals surface area contributed by atoms with Crippen molar-refractivity contribution in [1.29, 1.82) is 5.26 Å². The Morgan fingerprint density at radius 2 is 1.76 bits per heavy atom. The van der Waals surface area contributed by atoms with Crippen LogP contribution in [0.4, 0.5) is 17.6 Å². The highest BCUT2D eigenvalue weighted by molar-refractivity contribution is 9.10. The Bertz CT molecular complexity index is 1200. The number of ether oxygens (including phenoxy) is 1. The maximum absolute atomic E-state index is 14.2. The average molecular weight is 467 g/mol. The van der Waals surface area contributed by atoms with Crippen LogP contribution in [0.2, 0.25) is 0 Å². The van der Waals surface area contributed by atoms with Crippen LogP contribution in [0.5, 0.6) is 5.75 Å². The van der Waals surface area contributed by atoms with Crippen LogP contribution < -0.4 is 10.3 Å². The third-order valence-electron chi connectivity index (χ3n) is 4.17. The molecular weight excluding hydrogens is 456 g/mol. The number of halogens is 5. The zero-order chi connectivity index (χ0) is 21.3. The highest BCUT2D eigenvalue weighted by Crippen LogP contribution is 2.31. The fourth-order valence-corrected chi connectivity index (χ4v) is 3.25. The molecule has 0 aliphatic carbocycles. The molecule has 0 bridgehead atoms. The summed E-state index contributed by atoms with van der Waals surface area (Å²) in [5.74, 6) is -3.83. The van der Waals surface area contributed by atoms with Gasteiger partial charge in [0.05, 0.1) is 0 Å². The van der Waals surface area contributed by atoms with Gasteiger partial charge in [-0.25, -0.2) is 17.6 Å². The number of nitrogens with zero attached hydrogens (tertiary/aromatic N) is 2. The van der Waals surface area contributed by atoms with E-state index in [2.05, 4.69) is 15.9 Å². The molecule has 0 saturated carbocycles. The van der Waals surface area contributed by atoms with Gasteiger partial charge in [0.1, 0.15) is 51.7 Å². The summed E-state index contributed by atoms with van der Waals surface area (Å²) in [5.41, 5.74) is -1.77. The van der Waals surface area contributed by atoms with Gasteiger partial charge in [0, 0.05) is 17.3 Å². The number of nitriles is 1. The number of aromatic nitrogens is 1.